The van der Waals surface area contributed by atoms with Crippen LogP contribution in [0.5, 0.6) is 0 Å². The maximum atomic E-state index is 10.8. The highest BCUT2D eigenvalue weighted by atomic mass is 35.5. The summed E-state index contributed by atoms with van der Waals surface area (Å²) in [7, 11) is 0. The molecule has 2 N–H and O–H groups in total. The molecular formula is C15H18ClN3O4. The first-order chi connectivity index (χ1) is 10.9. The highest BCUT2D eigenvalue weighted by Gasteiger charge is 2.47. The van der Waals surface area contributed by atoms with E-state index in [1.54, 1.807) is 6.07 Å². The van der Waals surface area contributed by atoms with Crippen LogP contribution in [0.2, 0.25) is 5.02 Å². The lowest BCUT2D eigenvalue weighted by Crippen LogP contribution is -2.50. The quantitative estimate of drug-likeness (QED) is 0.674. The summed E-state index contributed by atoms with van der Waals surface area (Å²) < 4.78 is 5.02. The Kier molecular flexibility index (Phi) is 4.06. The van der Waals surface area contributed by atoms with Gasteiger partial charge in [0.05, 0.1) is 15.6 Å². The van der Waals surface area contributed by atoms with Gasteiger partial charge < -0.3 is 15.4 Å². The Morgan fingerprint density at radius 1 is 1.39 bits per heavy atom. The van der Waals surface area contributed by atoms with E-state index in [0.29, 0.717) is 5.02 Å². The van der Waals surface area contributed by atoms with E-state index >= 15 is 0 Å². The topological polar surface area (TPSA) is 98.7 Å². The Morgan fingerprint density at radius 2 is 2.04 bits per heavy atom. The van der Waals surface area contributed by atoms with Gasteiger partial charge in [0.15, 0.2) is 0 Å². The van der Waals surface area contributed by atoms with Crippen molar-refractivity contribution >= 4 is 29.1 Å². The number of rotatable bonds is 3. The number of nitro benzene ring substituents is 1. The van der Waals surface area contributed by atoms with E-state index in [9.17, 15) is 14.9 Å². The number of nitrogens with two attached hydrogens (primary N) is 1. The SMILES string of the molecule is NC(=O)OC1CC2(CCN(c3ccc([N+](=O)[O-])cc3Cl)CC2)C1. The van der Waals surface area contributed by atoms with Gasteiger partial charge in [-0.15, -0.1) is 0 Å². The average molecular weight is 340 g/mol. The summed E-state index contributed by atoms with van der Waals surface area (Å²) in [6.45, 7) is 1.67. The molecule has 1 aliphatic heterocycles. The number of anilines is 1. The second kappa shape index (κ2) is 5.88. The predicted octanol–water partition coefficient (Wildman–Crippen LogP) is 3.09. The zero-order valence-electron chi connectivity index (χ0n) is 12.5. The summed E-state index contributed by atoms with van der Waals surface area (Å²) in [5, 5.41) is 11.2. The van der Waals surface area contributed by atoms with Gasteiger partial charge in [0.1, 0.15) is 6.10 Å². The molecule has 0 unspecified atom stereocenters. The minimum Gasteiger partial charge on any atom is -0.446 e. The molecule has 2 aliphatic rings. The highest BCUT2D eigenvalue weighted by Crippen LogP contribution is 2.51. The number of nitrogens with zero attached hydrogens (tertiary/aromatic N) is 2. The normalized spacial score (nSPS) is 20.1. The van der Waals surface area contributed by atoms with E-state index in [4.69, 9.17) is 22.1 Å². The van der Waals surface area contributed by atoms with Crippen LogP contribution in [0.25, 0.3) is 0 Å². The van der Waals surface area contributed by atoms with Gasteiger partial charge in [0.25, 0.3) is 5.69 Å². The Hall–Kier alpha value is -2.02. The number of benzene rings is 1. The largest absolute Gasteiger partial charge is 0.446 e. The van der Waals surface area contributed by atoms with Gasteiger partial charge in [0, 0.05) is 25.2 Å². The average Bonchev–Trinajstić information content (AvgIpc) is 2.46. The van der Waals surface area contributed by atoms with Crippen molar-refractivity contribution in [3.8, 4) is 0 Å². The number of carbonyl (C=O) groups is 1. The molecule has 0 radical (unpaired) electrons. The third kappa shape index (κ3) is 3.19. The molecule has 1 aromatic carbocycles. The van der Waals surface area contributed by atoms with Crippen LogP contribution in [0, 0.1) is 15.5 Å². The Morgan fingerprint density at radius 3 is 2.57 bits per heavy atom. The number of non-ortho nitro benzene ring substituents is 1. The molecule has 2 fully saturated rings. The Labute approximate surface area is 138 Å². The molecule has 0 aromatic heterocycles. The van der Waals surface area contributed by atoms with E-state index < -0.39 is 11.0 Å². The molecule has 23 heavy (non-hydrogen) atoms. The minimum atomic E-state index is -0.708. The van der Waals surface area contributed by atoms with Crippen molar-refractivity contribution in [2.45, 2.75) is 31.8 Å². The van der Waals surface area contributed by atoms with Gasteiger partial charge in [0.2, 0.25) is 0 Å². The Bertz CT molecular complexity index is 636. The monoisotopic (exact) mass is 339 g/mol. The highest BCUT2D eigenvalue weighted by molar-refractivity contribution is 6.33. The molecule has 0 bridgehead atoms. The van der Waals surface area contributed by atoms with E-state index in [-0.39, 0.29) is 17.2 Å². The van der Waals surface area contributed by atoms with Crippen LogP contribution in [-0.2, 0) is 4.74 Å². The smallest absolute Gasteiger partial charge is 0.404 e. The standard InChI is InChI=1S/C15H18ClN3O4/c16-12-7-10(19(21)22)1-2-13(12)18-5-3-15(4-6-18)8-11(9-15)23-14(17)20/h1-2,7,11H,3-6,8-9H2,(H2,17,20). The maximum absolute atomic E-state index is 10.8. The van der Waals surface area contributed by atoms with Crippen LogP contribution in [0.1, 0.15) is 25.7 Å². The molecule has 1 saturated heterocycles. The van der Waals surface area contributed by atoms with Crippen molar-refractivity contribution in [1.82, 2.24) is 0 Å². The lowest BCUT2D eigenvalue weighted by Gasteiger charge is -2.51. The fourth-order valence-corrected chi connectivity index (χ4v) is 3.94. The molecule has 7 nitrogen and oxygen atoms in total. The molecule has 1 saturated carbocycles. The van der Waals surface area contributed by atoms with Crippen molar-refractivity contribution in [2.24, 2.45) is 11.1 Å². The van der Waals surface area contributed by atoms with Crippen LogP contribution in [0.15, 0.2) is 18.2 Å². The molecule has 3 rings (SSSR count). The van der Waals surface area contributed by atoms with Crippen LogP contribution >= 0.6 is 11.6 Å². The first-order valence-electron chi connectivity index (χ1n) is 7.54. The second-order valence-corrected chi connectivity index (χ2v) is 6.75. The minimum absolute atomic E-state index is 0.00216. The number of hydrogen-bond acceptors (Lipinski definition) is 5. The number of piperidine rings is 1. The lowest BCUT2D eigenvalue weighted by atomic mass is 9.61. The number of hydrogen-bond donors (Lipinski definition) is 1. The summed E-state index contributed by atoms with van der Waals surface area (Å²) in [5.74, 6) is 0. The zero-order valence-corrected chi connectivity index (χ0v) is 13.3. The molecule has 1 amide bonds. The predicted molar refractivity (Wildman–Crippen MR) is 85.7 cm³/mol. The maximum Gasteiger partial charge on any atom is 0.404 e. The fraction of sp³-hybridized carbons (Fsp3) is 0.533. The Balaban J connectivity index is 1.60. The lowest BCUT2D eigenvalue weighted by molar-refractivity contribution is -0.384. The van der Waals surface area contributed by atoms with E-state index in [1.807, 2.05) is 0 Å². The number of nitro groups is 1. The third-order valence-electron chi connectivity index (χ3n) is 4.91. The molecule has 1 aliphatic carbocycles. The van der Waals surface area contributed by atoms with E-state index in [2.05, 4.69) is 4.90 Å². The number of halogens is 1. The third-order valence-corrected chi connectivity index (χ3v) is 5.21. The van der Waals surface area contributed by atoms with Crippen LogP contribution < -0.4 is 10.6 Å². The van der Waals surface area contributed by atoms with Gasteiger partial charge >= 0.3 is 6.09 Å². The molecule has 124 valence electrons. The van der Waals surface area contributed by atoms with Gasteiger partial charge in [-0.25, -0.2) is 4.79 Å². The van der Waals surface area contributed by atoms with Crippen molar-refractivity contribution < 1.29 is 14.5 Å². The fourth-order valence-electron chi connectivity index (χ4n) is 3.65. The van der Waals surface area contributed by atoms with Crippen molar-refractivity contribution in [1.29, 1.82) is 0 Å². The van der Waals surface area contributed by atoms with Gasteiger partial charge in [-0.3, -0.25) is 10.1 Å². The van der Waals surface area contributed by atoms with Crippen molar-refractivity contribution in [3.63, 3.8) is 0 Å². The summed E-state index contributed by atoms with van der Waals surface area (Å²) in [6.07, 6.45) is 2.93. The zero-order chi connectivity index (χ0) is 16.6. The summed E-state index contributed by atoms with van der Waals surface area (Å²) in [5.41, 5.74) is 6.09. The van der Waals surface area contributed by atoms with Gasteiger partial charge in [-0.2, -0.15) is 0 Å². The molecule has 8 heteroatoms. The number of amides is 1. The number of primary amides is 1. The van der Waals surface area contributed by atoms with E-state index in [1.165, 1.54) is 12.1 Å². The number of ether oxygens (including phenoxy) is 1. The van der Waals surface area contributed by atoms with Crippen molar-refractivity contribution in [3.05, 3.63) is 33.3 Å². The van der Waals surface area contributed by atoms with Crippen molar-refractivity contribution in [2.75, 3.05) is 18.0 Å². The molecule has 1 aromatic rings. The molecular weight excluding hydrogens is 322 g/mol. The number of carbonyl (C=O) groups excluding carboxylic acids is 1. The first kappa shape index (κ1) is 15.9. The van der Waals surface area contributed by atoms with Crippen LogP contribution in [-0.4, -0.2) is 30.2 Å². The summed E-state index contributed by atoms with van der Waals surface area (Å²) in [6, 6.07) is 4.57. The van der Waals surface area contributed by atoms with Crippen LogP contribution in [0.3, 0.4) is 0 Å². The summed E-state index contributed by atoms with van der Waals surface area (Å²) in [4.78, 5) is 23.2. The van der Waals surface area contributed by atoms with E-state index in [0.717, 1.165) is 44.5 Å². The van der Waals surface area contributed by atoms with Gasteiger partial charge in [-0.1, -0.05) is 11.6 Å². The molecule has 0 atom stereocenters. The summed E-state index contributed by atoms with van der Waals surface area (Å²) >= 11 is 6.19. The second-order valence-electron chi connectivity index (χ2n) is 6.35. The molecule has 1 heterocycles. The van der Waals surface area contributed by atoms with Crippen LogP contribution in [0.4, 0.5) is 16.2 Å². The molecule has 1 spiro atoms. The first-order valence-corrected chi connectivity index (χ1v) is 7.91. The van der Waals surface area contributed by atoms with Gasteiger partial charge in [-0.05, 0) is 37.2 Å².